The van der Waals surface area contributed by atoms with Crippen molar-refractivity contribution in [2.45, 2.75) is 31.9 Å². The number of nitrogens with zero attached hydrogens (tertiary/aromatic N) is 2. The first-order chi connectivity index (χ1) is 12.6. The second-order valence-corrected chi connectivity index (χ2v) is 6.55. The molecule has 3 aromatic heterocycles. The van der Waals surface area contributed by atoms with Crippen LogP contribution < -0.4 is 10.1 Å². The first-order valence-electron chi connectivity index (χ1n) is 8.45. The lowest BCUT2D eigenvalue weighted by Crippen LogP contribution is -2.39. The van der Waals surface area contributed by atoms with Crippen LogP contribution in [0, 0.1) is 6.92 Å². The lowest BCUT2D eigenvalue weighted by Gasteiger charge is -2.14. The van der Waals surface area contributed by atoms with E-state index < -0.39 is 5.54 Å². The van der Waals surface area contributed by atoms with Gasteiger partial charge in [0.15, 0.2) is 5.58 Å². The summed E-state index contributed by atoms with van der Waals surface area (Å²) >= 11 is 0. The number of rotatable bonds is 6. The molecule has 0 aliphatic heterocycles. The average molecular weight is 353 g/mol. The fraction of sp³-hybridized carbons (Fsp3) is 0.316. The summed E-state index contributed by atoms with van der Waals surface area (Å²) in [6, 6.07) is 7.29. The van der Waals surface area contributed by atoms with Crippen LogP contribution in [0.3, 0.4) is 0 Å². The van der Waals surface area contributed by atoms with Gasteiger partial charge in [0.2, 0.25) is 5.88 Å². The molecule has 0 aromatic carbocycles. The molecule has 7 nitrogen and oxygen atoms in total. The molecule has 3 heterocycles. The van der Waals surface area contributed by atoms with Gasteiger partial charge in [-0.05, 0) is 31.9 Å². The maximum absolute atomic E-state index is 12.7. The monoisotopic (exact) mass is 353 g/mol. The zero-order valence-electron chi connectivity index (χ0n) is 14.4. The molecule has 1 saturated carbocycles. The summed E-state index contributed by atoms with van der Waals surface area (Å²) in [4.78, 5) is 21.1. The van der Waals surface area contributed by atoms with Gasteiger partial charge in [-0.1, -0.05) is 6.07 Å². The number of aryl methyl sites for hydroxylation is 1. The first-order valence-corrected chi connectivity index (χ1v) is 8.45. The number of pyridine rings is 2. The van der Waals surface area contributed by atoms with Crippen LogP contribution in [0.5, 0.6) is 5.88 Å². The number of carbonyl (C=O) groups excluding carboxylic acids is 1. The zero-order valence-corrected chi connectivity index (χ0v) is 14.4. The van der Waals surface area contributed by atoms with Crippen LogP contribution in [0.25, 0.3) is 11.0 Å². The zero-order chi connectivity index (χ0) is 18.1. The Hall–Kier alpha value is -2.93. The number of aromatic nitrogens is 2. The molecule has 4 rings (SSSR count). The Morgan fingerprint density at radius 1 is 1.38 bits per heavy atom. The molecule has 3 aromatic rings. The topological polar surface area (TPSA) is 97.5 Å². The Morgan fingerprint density at radius 3 is 2.92 bits per heavy atom. The number of furan rings is 1. The molecule has 0 radical (unpaired) electrons. The molecule has 134 valence electrons. The summed E-state index contributed by atoms with van der Waals surface area (Å²) in [6.45, 7) is 1.96. The summed E-state index contributed by atoms with van der Waals surface area (Å²) in [5, 5.41) is 13.0. The van der Waals surface area contributed by atoms with Gasteiger partial charge in [0.1, 0.15) is 12.4 Å². The molecule has 7 heteroatoms. The second kappa shape index (κ2) is 6.42. The Bertz CT molecular complexity index is 948. The van der Waals surface area contributed by atoms with E-state index in [9.17, 15) is 9.90 Å². The molecule has 0 spiro atoms. The van der Waals surface area contributed by atoms with E-state index in [1.54, 1.807) is 25.4 Å². The molecule has 0 bridgehead atoms. The smallest absolute Gasteiger partial charge is 0.255 e. The van der Waals surface area contributed by atoms with Crippen molar-refractivity contribution < 1.29 is 19.1 Å². The number of carbonyl (C=O) groups is 1. The maximum atomic E-state index is 12.7. The number of aliphatic hydroxyl groups is 1. The van der Waals surface area contributed by atoms with Crippen LogP contribution in [0.4, 0.5) is 0 Å². The molecular weight excluding hydrogens is 334 g/mol. The van der Waals surface area contributed by atoms with E-state index in [2.05, 4.69) is 15.3 Å². The number of amides is 1. The Kier molecular flexibility index (Phi) is 4.08. The molecule has 1 fully saturated rings. The van der Waals surface area contributed by atoms with Gasteiger partial charge in [-0.3, -0.25) is 9.78 Å². The van der Waals surface area contributed by atoms with Crippen molar-refractivity contribution in [2.75, 3.05) is 6.61 Å². The predicted octanol–water partition coefficient (Wildman–Crippen LogP) is 2.36. The van der Waals surface area contributed by atoms with Crippen LogP contribution in [0.2, 0.25) is 0 Å². The van der Waals surface area contributed by atoms with E-state index >= 15 is 0 Å². The van der Waals surface area contributed by atoms with Crippen LogP contribution in [-0.4, -0.2) is 33.1 Å². The molecule has 1 aliphatic rings. The highest BCUT2D eigenvalue weighted by Crippen LogP contribution is 2.36. The molecule has 0 atom stereocenters. The van der Waals surface area contributed by atoms with Gasteiger partial charge < -0.3 is 19.6 Å². The molecular formula is C19H19N3O4. The van der Waals surface area contributed by atoms with Crippen molar-refractivity contribution in [3.05, 3.63) is 53.7 Å². The summed E-state index contributed by atoms with van der Waals surface area (Å²) in [5.41, 5.74) is 1.27. The molecule has 1 amide bonds. The van der Waals surface area contributed by atoms with Crippen molar-refractivity contribution >= 4 is 16.9 Å². The third kappa shape index (κ3) is 3.13. The lowest BCUT2D eigenvalue weighted by molar-refractivity contribution is 0.0906. The van der Waals surface area contributed by atoms with Crippen LogP contribution in [0.1, 0.15) is 34.7 Å². The highest BCUT2D eigenvalue weighted by molar-refractivity contribution is 6.07. The van der Waals surface area contributed by atoms with E-state index in [0.717, 1.165) is 18.5 Å². The summed E-state index contributed by atoms with van der Waals surface area (Å²) in [5.74, 6) is 0.644. The van der Waals surface area contributed by atoms with Gasteiger partial charge in [-0.15, -0.1) is 0 Å². The van der Waals surface area contributed by atoms with E-state index in [-0.39, 0.29) is 19.1 Å². The van der Waals surface area contributed by atoms with Gasteiger partial charge in [-0.25, -0.2) is 4.98 Å². The highest BCUT2D eigenvalue weighted by Gasteiger charge is 2.44. The number of nitrogens with one attached hydrogen (secondary N) is 1. The van der Waals surface area contributed by atoms with Gasteiger partial charge in [0.25, 0.3) is 5.91 Å². The number of hydrogen-bond donors (Lipinski definition) is 2. The number of ether oxygens (including phenoxy) is 1. The summed E-state index contributed by atoms with van der Waals surface area (Å²) in [6.07, 6.45) is 4.81. The minimum atomic E-state index is -0.488. The van der Waals surface area contributed by atoms with Crippen LogP contribution >= 0.6 is 0 Å². The third-order valence-corrected chi connectivity index (χ3v) is 4.58. The SMILES string of the molecule is Cc1oc2cnc(OCc3ccccn3)cc2c1C(=O)NC1(CO)CC1. The predicted molar refractivity (Wildman–Crippen MR) is 93.8 cm³/mol. The molecule has 26 heavy (non-hydrogen) atoms. The normalized spacial score (nSPS) is 15.0. The Balaban J connectivity index is 1.59. The lowest BCUT2D eigenvalue weighted by atomic mass is 10.1. The summed E-state index contributed by atoms with van der Waals surface area (Å²) in [7, 11) is 0. The molecule has 0 saturated heterocycles. The quantitative estimate of drug-likeness (QED) is 0.706. The fourth-order valence-electron chi connectivity index (χ4n) is 2.88. The van der Waals surface area contributed by atoms with Crippen molar-refractivity contribution in [3.63, 3.8) is 0 Å². The number of fused-ring (bicyclic) bond motifs is 1. The molecule has 1 aliphatic carbocycles. The van der Waals surface area contributed by atoms with E-state index in [1.807, 2.05) is 18.2 Å². The standard InChI is InChI=1S/C19H19N3O4/c1-12-17(18(24)22-19(11-23)5-6-19)14-8-16(21-9-15(14)26-12)25-10-13-4-2-3-7-20-13/h2-4,7-9,23H,5-6,10-11H2,1H3,(H,22,24). The van der Waals surface area contributed by atoms with Crippen LogP contribution in [0.15, 0.2) is 41.1 Å². The van der Waals surface area contributed by atoms with Gasteiger partial charge >= 0.3 is 0 Å². The highest BCUT2D eigenvalue weighted by atomic mass is 16.5. The Labute approximate surface area is 150 Å². The van der Waals surface area contributed by atoms with Gasteiger partial charge in [-0.2, -0.15) is 0 Å². The van der Waals surface area contributed by atoms with Gasteiger partial charge in [0.05, 0.1) is 29.6 Å². The minimum Gasteiger partial charge on any atom is -0.471 e. The second-order valence-electron chi connectivity index (χ2n) is 6.55. The van der Waals surface area contributed by atoms with Crippen LogP contribution in [-0.2, 0) is 6.61 Å². The fourth-order valence-corrected chi connectivity index (χ4v) is 2.88. The number of aliphatic hydroxyl groups excluding tert-OH is 1. The Morgan fingerprint density at radius 2 is 2.23 bits per heavy atom. The third-order valence-electron chi connectivity index (χ3n) is 4.58. The summed E-state index contributed by atoms with van der Waals surface area (Å²) < 4.78 is 11.3. The minimum absolute atomic E-state index is 0.0619. The maximum Gasteiger partial charge on any atom is 0.255 e. The van der Waals surface area contributed by atoms with Crippen molar-refractivity contribution in [2.24, 2.45) is 0 Å². The van der Waals surface area contributed by atoms with E-state index in [4.69, 9.17) is 9.15 Å². The number of hydrogen-bond acceptors (Lipinski definition) is 6. The molecule has 0 unspecified atom stereocenters. The molecule has 2 N–H and O–H groups in total. The van der Waals surface area contributed by atoms with E-state index in [1.165, 1.54) is 0 Å². The van der Waals surface area contributed by atoms with E-state index in [0.29, 0.717) is 28.2 Å². The first kappa shape index (κ1) is 16.5. The largest absolute Gasteiger partial charge is 0.471 e. The van der Waals surface area contributed by atoms with Crippen molar-refractivity contribution in [1.82, 2.24) is 15.3 Å². The van der Waals surface area contributed by atoms with Crippen molar-refractivity contribution in [3.8, 4) is 5.88 Å². The van der Waals surface area contributed by atoms with Gasteiger partial charge in [0, 0.05) is 17.6 Å². The van der Waals surface area contributed by atoms with Crippen molar-refractivity contribution in [1.29, 1.82) is 0 Å². The average Bonchev–Trinajstić information content (AvgIpc) is 3.34.